The maximum atomic E-state index is 12.4. The van der Waals surface area contributed by atoms with Gasteiger partial charge >= 0.3 is 11.9 Å². The van der Waals surface area contributed by atoms with Crippen LogP contribution in [0.3, 0.4) is 0 Å². The second kappa shape index (κ2) is 26.4. The van der Waals surface area contributed by atoms with Gasteiger partial charge in [0, 0.05) is 6.42 Å². The molecule has 0 aliphatic carbocycles. The first kappa shape index (κ1) is 37.1. The number of carbonyl (C=O) groups excluding carboxylic acids is 2. The largest absolute Gasteiger partial charge is 0.480 e. The Morgan fingerprint density at radius 3 is 1.64 bits per heavy atom. The van der Waals surface area contributed by atoms with E-state index < -0.39 is 18.6 Å². The molecule has 0 radical (unpaired) electrons. The Hall–Kier alpha value is -1.85. The molecule has 0 fully saturated rings. The normalized spacial score (nSPS) is 12.4. The van der Waals surface area contributed by atoms with Crippen molar-refractivity contribution in [2.45, 2.75) is 162 Å². The molecule has 0 heterocycles. The number of ether oxygens (including phenoxy) is 1. The number of carbonyl (C=O) groups is 3. The molecule has 0 saturated carbocycles. The van der Waals surface area contributed by atoms with Crippen LogP contribution >= 0.6 is 0 Å². The number of nitrogens with one attached hydrogen (secondary N) is 1. The number of hydrogen-bond acceptors (Lipinski definition) is 4. The molecule has 0 spiro atoms. The van der Waals surface area contributed by atoms with Crippen LogP contribution in [-0.4, -0.2) is 35.6 Å². The van der Waals surface area contributed by atoms with E-state index in [0.717, 1.165) is 37.5 Å². The third-order valence-corrected chi connectivity index (χ3v) is 7.04. The molecular formula is C33H61NO5. The number of aliphatic carboxylic acids is 1. The molecule has 6 nitrogen and oxygen atoms in total. The van der Waals surface area contributed by atoms with Crippen LogP contribution in [0.1, 0.15) is 156 Å². The van der Waals surface area contributed by atoms with Crippen molar-refractivity contribution < 1.29 is 24.2 Å². The molecule has 0 aromatic heterocycles. The van der Waals surface area contributed by atoms with Crippen LogP contribution in [0.25, 0.3) is 0 Å². The number of allylic oxidation sites excluding steroid dienone is 2. The lowest BCUT2D eigenvalue weighted by Gasteiger charge is -2.17. The number of amides is 1. The maximum Gasteiger partial charge on any atom is 0.322 e. The van der Waals surface area contributed by atoms with E-state index in [1.165, 1.54) is 77.0 Å². The van der Waals surface area contributed by atoms with Crippen molar-refractivity contribution in [3.8, 4) is 0 Å². The summed E-state index contributed by atoms with van der Waals surface area (Å²) in [5.41, 5.74) is 0. The predicted molar refractivity (Wildman–Crippen MR) is 162 cm³/mol. The van der Waals surface area contributed by atoms with Crippen molar-refractivity contribution in [3.05, 3.63) is 12.2 Å². The topological polar surface area (TPSA) is 92.7 Å². The monoisotopic (exact) mass is 551 g/mol. The number of unbranched alkanes of at least 4 members (excludes halogenated alkanes) is 12. The highest BCUT2D eigenvalue weighted by Crippen LogP contribution is 2.16. The second-order valence-corrected chi connectivity index (χ2v) is 12.0. The summed E-state index contributed by atoms with van der Waals surface area (Å²) in [6.45, 7) is 8.68. The van der Waals surface area contributed by atoms with Crippen LogP contribution < -0.4 is 5.32 Å². The van der Waals surface area contributed by atoms with E-state index >= 15 is 0 Å². The van der Waals surface area contributed by atoms with Gasteiger partial charge in [-0.05, 0) is 43.9 Å². The quantitative estimate of drug-likeness (QED) is 0.0604. The molecule has 39 heavy (non-hydrogen) atoms. The standard InChI is InChI=1S/C33H61NO5/c1-28(2)22-18-14-10-6-5-7-13-17-21-25-33(38)39-30(26-31(35)34-27-32(36)37)24-20-16-12-9-8-11-15-19-23-29(3)4/h13,17,28-30H,5-12,14-16,18-27H2,1-4H3,(H,34,35)(H,36,37)/b17-13+. The van der Waals surface area contributed by atoms with Crippen molar-refractivity contribution in [2.75, 3.05) is 6.54 Å². The van der Waals surface area contributed by atoms with E-state index in [1.54, 1.807) is 0 Å². The SMILES string of the molecule is CC(C)CCCCCCC/C=C/CCC(=O)OC(CCCCCCCCCCC(C)C)CC(=O)NCC(=O)O. The molecule has 0 rings (SSSR count). The number of esters is 1. The van der Waals surface area contributed by atoms with Gasteiger partial charge in [0.2, 0.25) is 5.91 Å². The first-order valence-electron chi connectivity index (χ1n) is 16.0. The molecular weight excluding hydrogens is 490 g/mol. The van der Waals surface area contributed by atoms with Gasteiger partial charge in [0.1, 0.15) is 12.6 Å². The smallest absolute Gasteiger partial charge is 0.322 e. The Morgan fingerprint density at radius 1 is 0.667 bits per heavy atom. The van der Waals surface area contributed by atoms with E-state index in [0.29, 0.717) is 19.3 Å². The van der Waals surface area contributed by atoms with Gasteiger partial charge < -0.3 is 15.2 Å². The highest BCUT2D eigenvalue weighted by atomic mass is 16.5. The summed E-state index contributed by atoms with van der Waals surface area (Å²) >= 11 is 0. The second-order valence-electron chi connectivity index (χ2n) is 12.0. The van der Waals surface area contributed by atoms with Crippen LogP contribution in [0.15, 0.2) is 12.2 Å². The van der Waals surface area contributed by atoms with Crippen LogP contribution in [0.2, 0.25) is 0 Å². The average molecular weight is 552 g/mol. The fraction of sp³-hybridized carbons (Fsp3) is 0.848. The van der Waals surface area contributed by atoms with Crippen LogP contribution in [0, 0.1) is 11.8 Å². The Kier molecular flexibility index (Phi) is 25.1. The minimum Gasteiger partial charge on any atom is -0.480 e. The molecule has 0 aliphatic rings. The van der Waals surface area contributed by atoms with Crippen molar-refractivity contribution >= 4 is 17.8 Å². The zero-order chi connectivity index (χ0) is 29.1. The molecule has 0 aromatic carbocycles. The molecule has 1 atom stereocenters. The van der Waals surface area contributed by atoms with Crippen molar-refractivity contribution in [2.24, 2.45) is 11.8 Å². The van der Waals surface area contributed by atoms with Gasteiger partial charge in [-0.25, -0.2) is 0 Å². The Balaban J connectivity index is 4.16. The highest BCUT2D eigenvalue weighted by Gasteiger charge is 2.18. The summed E-state index contributed by atoms with van der Waals surface area (Å²) < 4.78 is 5.64. The van der Waals surface area contributed by atoms with Gasteiger partial charge in [0.15, 0.2) is 0 Å². The van der Waals surface area contributed by atoms with Gasteiger partial charge in [0.25, 0.3) is 0 Å². The third kappa shape index (κ3) is 29.0. The molecule has 6 heteroatoms. The fourth-order valence-electron chi connectivity index (χ4n) is 4.67. The van der Waals surface area contributed by atoms with Crippen molar-refractivity contribution in [1.82, 2.24) is 5.32 Å². The average Bonchev–Trinajstić information content (AvgIpc) is 2.86. The first-order chi connectivity index (χ1) is 18.7. The minimum atomic E-state index is -1.08. The summed E-state index contributed by atoms with van der Waals surface area (Å²) in [6, 6.07) is 0. The van der Waals surface area contributed by atoms with E-state index in [1.807, 2.05) is 0 Å². The van der Waals surface area contributed by atoms with Crippen molar-refractivity contribution in [1.29, 1.82) is 0 Å². The lowest BCUT2D eigenvalue weighted by molar-refractivity contribution is -0.151. The third-order valence-electron chi connectivity index (χ3n) is 7.04. The van der Waals surface area contributed by atoms with Crippen molar-refractivity contribution in [3.63, 3.8) is 0 Å². The molecule has 0 saturated heterocycles. The zero-order valence-corrected chi connectivity index (χ0v) is 25.8. The maximum absolute atomic E-state index is 12.4. The minimum absolute atomic E-state index is 0.0158. The van der Waals surface area contributed by atoms with Gasteiger partial charge in [0.05, 0.1) is 6.42 Å². The van der Waals surface area contributed by atoms with Crippen LogP contribution in [-0.2, 0) is 19.1 Å². The van der Waals surface area contributed by atoms with E-state index in [-0.39, 0.29) is 18.3 Å². The highest BCUT2D eigenvalue weighted by molar-refractivity contribution is 5.81. The van der Waals surface area contributed by atoms with Gasteiger partial charge in [-0.3, -0.25) is 14.4 Å². The number of hydrogen-bond donors (Lipinski definition) is 2. The Morgan fingerprint density at radius 2 is 1.13 bits per heavy atom. The van der Waals surface area contributed by atoms with Gasteiger partial charge in [-0.1, -0.05) is 123 Å². The van der Waals surface area contributed by atoms with Crippen LogP contribution in [0.5, 0.6) is 0 Å². The molecule has 0 aromatic rings. The summed E-state index contributed by atoms with van der Waals surface area (Å²) in [5, 5.41) is 11.2. The molecule has 2 N–H and O–H groups in total. The van der Waals surface area contributed by atoms with Crippen LogP contribution in [0.4, 0.5) is 0 Å². The summed E-state index contributed by atoms with van der Waals surface area (Å²) in [7, 11) is 0. The Bertz CT molecular complexity index is 644. The van der Waals surface area contributed by atoms with E-state index in [2.05, 4.69) is 45.2 Å². The van der Waals surface area contributed by atoms with E-state index in [4.69, 9.17) is 9.84 Å². The predicted octanol–water partition coefficient (Wildman–Crippen LogP) is 8.77. The molecule has 0 aliphatic heterocycles. The zero-order valence-electron chi connectivity index (χ0n) is 25.8. The molecule has 1 amide bonds. The van der Waals surface area contributed by atoms with E-state index in [9.17, 15) is 14.4 Å². The lowest BCUT2D eigenvalue weighted by Crippen LogP contribution is -2.33. The number of carboxylic acid groups (broad SMARTS) is 1. The molecule has 0 bridgehead atoms. The Labute approximate surface area is 240 Å². The number of rotatable bonds is 27. The summed E-state index contributed by atoms with van der Waals surface area (Å²) in [4.78, 5) is 35.3. The first-order valence-corrected chi connectivity index (χ1v) is 16.0. The lowest BCUT2D eigenvalue weighted by atomic mass is 10.0. The summed E-state index contributed by atoms with van der Waals surface area (Å²) in [6.07, 6.45) is 24.9. The molecule has 228 valence electrons. The summed E-state index contributed by atoms with van der Waals surface area (Å²) in [5.74, 6) is -0.173. The fourth-order valence-corrected chi connectivity index (χ4v) is 4.67. The number of carboxylic acids is 1. The molecule has 1 unspecified atom stereocenters. The van der Waals surface area contributed by atoms with Gasteiger partial charge in [-0.15, -0.1) is 0 Å². The van der Waals surface area contributed by atoms with Gasteiger partial charge in [-0.2, -0.15) is 0 Å².